The van der Waals surface area contributed by atoms with Gasteiger partial charge >= 0.3 is 0 Å². The van der Waals surface area contributed by atoms with Crippen molar-refractivity contribution < 1.29 is 9.53 Å². The van der Waals surface area contributed by atoms with E-state index in [9.17, 15) is 4.79 Å². The number of benzene rings is 1. The first-order valence-corrected chi connectivity index (χ1v) is 7.18. The molecule has 1 saturated heterocycles. The van der Waals surface area contributed by atoms with Crippen molar-refractivity contribution in [2.75, 3.05) is 33.3 Å². The van der Waals surface area contributed by atoms with Gasteiger partial charge in [0.15, 0.2) is 5.78 Å². The highest BCUT2D eigenvalue weighted by Crippen LogP contribution is 2.25. The summed E-state index contributed by atoms with van der Waals surface area (Å²) in [6.45, 7) is 9.78. The Morgan fingerprint density at radius 3 is 2.45 bits per heavy atom. The van der Waals surface area contributed by atoms with Crippen LogP contribution in [0.3, 0.4) is 0 Å². The quantitative estimate of drug-likeness (QED) is 0.851. The predicted molar refractivity (Wildman–Crippen MR) is 80.7 cm³/mol. The van der Waals surface area contributed by atoms with E-state index in [1.165, 1.54) is 0 Å². The molecule has 0 aliphatic carbocycles. The van der Waals surface area contributed by atoms with Gasteiger partial charge in [0.1, 0.15) is 5.75 Å². The number of hydrogen-bond donors (Lipinski definition) is 1. The minimum Gasteiger partial charge on any atom is -0.496 e. The SMILES string of the molecule is COc1cc(C)c(C)cc1C(=O)C(C)N1CCNCC1. The zero-order valence-electron chi connectivity index (χ0n) is 12.8. The van der Waals surface area contributed by atoms with Gasteiger partial charge in [0.2, 0.25) is 0 Å². The molecule has 1 unspecified atom stereocenters. The number of rotatable bonds is 4. The van der Waals surface area contributed by atoms with Gasteiger partial charge in [0.05, 0.1) is 18.7 Å². The molecule has 0 saturated carbocycles. The fourth-order valence-electron chi connectivity index (χ4n) is 2.61. The largest absolute Gasteiger partial charge is 0.496 e. The molecule has 0 aromatic heterocycles. The molecule has 0 spiro atoms. The second kappa shape index (κ2) is 6.37. The number of hydrogen-bond acceptors (Lipinski definition) is 4. The van der Waals surface area contributed by atoms with Crippen LogP contribution in [-0.2, 0) is 0 Å². The zero-order chi connectivity index (χ0) is 14.7. The number of carbonyl (C=O) groups is 1. The lowest BCUT2D eigenvalue weighted by atomic mass is 9.98. The molecule has 1 aromatic carbocycles. The number of Topliss-reactive ketones (excluding diaryl/α,β-unsaturated/α-hetero) is 1. The molecule has 1 fully saturated rings. The molecule has 0 amide bonds. The van der Waals surface area contributed by atoms with Crippen molar-refractivity contribution in [2.24, 2.45) is 0 Å². The lowest BCUT2D eigenvalue weighted by molar-refractivity contribution is 0.0817. The minimum atomic E-state index is -0.104. The van der Waals surface area contributed by atoms with Gasteiger partial charge in [0, 0.05) is 26.2 Å². The van der Waals surface area contributed by atoms with E-state index in [1.807, 2.05) is 32.9 Å². The summed E-state index contributed by atoms with van der Waals surface area (Å²) >= 11 is 0. The topological polar surface area (TPSA) is 41.6 Å². The van der Waals surface area contributed by atoms with Crippen molar-refractivity contribution in [1.29, 1.82) is 0 Å². The molecular weight excluding hydrogens is 252 g/mol. The third-order valence-corrected chi connectivity index (χ3v) is 4.16. The Morgan fingerprint density at radius 1 is 1.25 bits per heavy atom. The summed E-state index contributed by atoms with van der Waals surface area (Å²) in [5.41, 5.74) is 2.97. The van der Waals surface area contributed by atoms with Crippen LogP contribution in [0.1, 0.15) is 28.4 Å². The van der Waals surface area contributed by atoms with Crippen molar-refractivity contribution >= 4 is 5.78 Å². The highest BCUT2D eigenvalue weighted by Gasteiger charge is 2.26. The number of piperazine rings is 1. The summed E-state index contributed by atoms with van der Waals surface area (Å²) in [6, 6.07) is 3.80. The Kier molecular flexibility index (Phi) is 4.78. The Morgan fingerprint density at radius 2 is 1.85 bits per heavy atom. The van der Waals surface area contributed by atoms with Gasteiger partial charge < -0.3 is 10.1 Å². The smallest absolute Gasteiger partial charge is 0.183 e. The molecule has 2 rings (SSSR count). The number of nitrogens with one attached hydrogen (secondary N) is 1. The Balaban J connectivity index is 2.25. The van der Waals surface area contributed by atoms with Crippen LogP contribution >= 0.6 is 0 Å². The van der Waals surface area contributed by atoms with E-state index in [-0.39, 0.29) is 11.8 Å². The second-order valence-corrected chi connectivity index (χ2v) is 5.46. The number of nitrogens with zero attached hydrogens (tertiary/aromatic N) is 1. The summed E-state index contributed by atoms with van der Waals surface area (Å²) in [6.07, 6.45) is 0. The predicted octanol–water partition coefficient (Wildman–Crippen LogP) is 1.79. The lowest BCUT2D eigenvalue weighted by Crippen LogP contribution is -2.50. The number of aryl methyl sites for hydroxylation is 2. The standard InChI is InChI=1S/C16H24N2O2/c1-11-9-14(15(20-4)10-12(11)2)16(19)13(3)18-7-5-17-6-8-18/h9-10,13,17H,5-8H2,1-4H3. The monoisotopic (exact) mass is 276 g/mol. The average Bonchev–Trinajstić information content (AvgIpc) is 2.49. The molecular formula is C16H24N2O2. The Labute approximate surface area is 121 Å². The lowest BCUT2D eigenvalue weighted by Gasteiger charge is -2.32. The number of ether oxygens (including phenoxy) is 1. The van der Waals surface area contributed by atoms with Gasteiger partial charge in [-0.3, -0.25) is 9.69 Å². The zero-order valence-corrected chi connectivity index (χ0v) is 12.8. The molecule has 0 radical (unpaired) electrons. The maximum atomic E-state index is 12.7. The van der Waals surface area contributed by atoms with Gasteiger partial charge in [0.25, 0.3) is 0 Å². The fourth-order valence-corrected chi connectivity index (χ4v) is 2.61. The maximum Gasteiger partial charge on any atom is 0.183 e. The fraction of sp³-hybridized carbons (Fsp3) is 0.562. The van der Waals surface area contributed by atoms with Crippen LogP contribution in [0.2, 0.25) is 0 Å². The molecule has 4 nitrogen and oxygen atoms in total. The average molecular weight is 276 g/mol. The highest BCUT2D eigenvalue weighted by molar-refractivity contribution is 6.02. The first-order chi connectivity index (χ1) is 9.54. The summed E-state index contributed by atoms with van der Waals surface area (Å²) in [4.78, 5) is 15.0. The van der Waals surface area contributed by atoms with E-state index >= 15 is 0 Å². The molecule has 1 heterocycles. The number of methoxy groups -OCH3 is 1. The van der Waals surface area contributed by atoms with E-state index in [2.05, 4.69) is 10.2 Å². The molecule has 1 aromatic rings. The van der Waals surface area contributed by atoms with Gasteiger partial charge in [-0.25, -0.2) is 0 Å². The van der Waals surface area contributed by atoms with E-state index in [0.29, 0.717) is 11.3 Å². The first-order valence-electron chi connectivity index (χ1n) is 7.18. The van der Waals surface area contributed by atoms with E-state index in [0.717, 1.165) is 37.3 Å². The van der Waals surface area contributed by atoms with Crippen LogP contribution < -0.4 is 10.1 Å². The van der Waals surface area contributed by atoms with Gasteiger partial charge in [-0.2, -0.15) is 0 Å². The van der Waals surface area contributed by atoms with Crippen LogP contribution in [0, 0.1) is 13.8 Å². The molecule has 20 heavy (non-hydrogen) atoms. The second-order valence-electron chi connectivity index (χ2n) is 5.46. The molecule has 4 heteroatoms. The van der Waals surface area contributed by atoms with Crippen LogP contribution in [0.5, 0.6) is 5.75 Å². The number of ketones is 1. The van der Waals surface area contributed by atoms with Gasteiger partial charge in [-0.1, -0.05) is 0 Å². The van der Waals surface area contributed by atoms with Crippen molar-refractivity contribution in [3.8, 4) is 5.75 Å². The van der Waals surface area contributed by atoms with Gasteiger partial charge in [-0.05, 0) is 44.0 Å². The highest BCUT2D eigenvalue weighted by atomic mass is 16.5. The number of carbonyl (C=O) groups excluding carboxylic acids is 1. The molecule has 1 aliphatic heterocycles. The van der Waals surface area contributed by atoms with Gasteiger partial charge in [-0.15, -0.1) is 0 Å². The summed E-state index contributed by atoms with van der Waals surface area (Å²) in [5.74, 6) is 0.826. The third-order valence-electron chi connectivity index (χ3n) is 4.16. The molecule has 1 aliphatic rings. The molecule has 0 bridgehead atoms. The Bertz CT molecular complexity index is 493. The molecule has 110 valence electrons. The van der Waals surface area contributed by atoms with E-state index in [1.54, 1.807) is 7.11 Å². The third kappa shape index (κ3) is 3.02. The molecule has 1 N–H and O–H groups in total. The van der Waals surface area contributed by atoms with Crippen molar-refractivity contribution in [2.45, 2.75) is 26.8 Å². The summed E-state index contributed by atoms with van der Waals surface area (Å²) in [5, 5.41) is 3.31. The van der Waals surface area contributed by atoms with Crippen LogP contribution in [-0.4, -0.2) is 50.0 Å². The van der Waals surface area contributed by atoms with Crippen molar-refractivity contribution in [3.63, 3.8) is 0 Å². The van der Waals surface area contributed by atoms with Crippen molar-refractivity contribution in [1.82, 2.24) is 10.2 Å². The van der Waals surface area contributed by atoms with Crippen LogP contribution in [0.4, 0.5) is 0 Å². The normalized spacial score (nSPS) is 17.8. The van der Waals surface area contributed by atoms with E-state index < -0.39 is 0 Å². The van der Waals surface area contributed by atoms with E-state index in [4.69, 9.17) is 4.74 Å². The van der Waals surface area contributed by atoms with Crippen LogP contribution in [0.25, 0.3) is 0 Å². The van der Waals surface area contributed by atoms with Crippen molar-refractivity contribution in [3.05, 3.63) is 28.8 Å². The summed E-state index contributed by atoms with van der Waals surface area (Å²) in [7, 11) is 1.62. The Hall–Kier alpha value is -1.39. The minimum absolute atomic E-state index is 0.104. The first kappa shape index (κ1) is 15.0. The maximum absolute atomic E-state index is 12.7. The summed E-state index contributed by atoms with van der Waals surface area (Å²) < 4.78 is 5.39. The molecule has 1 atom stereocenters. The van der Waals surface area contributed by atoms with Crippen LogP contribution in [0.15, 0.2) is 12.1 Å².